The molecule has 88 valence electrons. The van der Waals surface area contributed by atoms with Crippen LogP contribution in [0.25, 0.3) is 0 Å². The lowest BCUT2D eigenvalue weighted by molar-refractivity contribution is 0.230. The van der Waals surface area contributed by atoms with Crippen LogP contribution >= 0.6 is 0 Å². The quantitative estimate of drug-likeness (QED) is 0.705. The van der Waals surface area contributed by atoms with Crippen molar-refractivity contribution in [2.45, 2.75) is 33.6 Å². The van der Waals surface area contributed by atoms with Gasteiger partial charge in [-0.05, 0) is 38.1 Å². The average Bonchev–Trinajstić information content (AvgIpc) is 2.19. The van der Waals surface area contributed by atoms with E-state index in [4.69, 9.17) is 5.73 Å². The molecule has 0 aliphatic carbocycles. The van der Waals surface area contributed by atoms with Crippen molar-refractivity contribution in [2.75, 3.05) is 26.2 Å². The first-order valence-corrected chi connectivity index (χ1v) is 6.20. The van der Waals surface area contributed by atoms with E-state index >= 15 is 0 Å². The summed E-state index contributed by atoms with van der Waals surface area (Å²) in [6.45, 7) is 11.1. The summed E-state index contributed by atoms with van der Waals surface area (Å²) in [6.07, 6.45) is 4.85. The summed E-state index contributed by atoms with van der Waals surface area (Å²) in [4.78, 5) is 2.53. The molecule has 2 heteroatoms. The van der Waals surface area contributed by atoms with Gasteiger partial charge in [0.1, 0.15) is 0 Å². The minimum absolute atomic E-state index is 0.678. The van der Waals surface area contributed by atoms with Crippen molar-refractivity contribution in [3.05, 3.63) is 11.6 Å². The Bertz CT molecular complexity index is 209. The smallest absolute Gasteiger partial charge is 0.0165 e. The van der Waals surface area contributed by atoms with E-state index in [0.29, 0.717) is 5.92 Å². The molecule has 0 fully saturated rings. The first kappa shape index (κ1) is 12.7. The molecule has 0 aromatic heterocycles. The maximum Gasteiger partial charge on any atom is 0.0165 e. The molecule has 0 amide bonds. The molecule has 15 heavy (non-hydrogen) atoms. The minimum atomic E-state index is 0.678. The Morgan fingerprint density at radius 2 is 2.20 bits per heavy atom. The lowest BCUT2D eigenvalue weighted by Crippen LogP contribution is -2.36. The Hall–Kier alpha value is -0.340. The van der Waals surface area contributed by atoms with Crippen LogP contribution in [0, 0.1) is 11.8 Å². The van der Waals surface area contributed by atoms with Crippen molar-refractivity contribution in [1.82, 2.24) is 4.90 Å². The van der Waals surface area contributed by atoms with Gasteiger partial charge >= 0.3 is 0 Å². The Balaban J connectivity index is 2.32. The van der Waals surface area contributed by atoms with E-state index in [1.807, 2.05) is 0 Å². The topological polar surface area (TPSA) is 29.3 Å². The van der Waals surface area contributed by atoms with E-state index in [9.17, 15) is 0 Å². The standard InChI is InChI=1S/C13H26N2/c1-11(2)8-13(9-14)10-15-6-4-12(3)5-7-15/h4,11,13H,5-10,14H2,1-3H3. The van der Waals surface area contributed by atoms with E-state index in [0.717, 1.165) is 19.0 Å². The molecule has 1 heterocycles. The fourth-order valence-electron chi connectivity index (χ4n) is 2.26. The van der Waals surface area contributed by atoms with Gasteiger partial charge < -0.3 is 5.73 Å². The third-order valence-corrected chi connectivity index (χ3v) is 3.17. The highest BCUT2D eigenvalue weighted by atomic mass is 15.1. The van der Waals surface area contributed by atoms with E-state index in [1.54, 1.807) is 5.57 Å². The molecule has 0 aromatic rings. The Morgan fingerprint density at radius 1 is 1.47 bits per heavy atom. The Morgan fingerprint density at radius 3 is 2.67 bits per heavy atom. The first-order chi connectivity index (χ1) is 7.11. The molecule has 1 aliphatic heterocycles. The maximum absolute atomic E-state index is 5.82. The summed E-state index contributed by atoms with van der Waals surface area (Å²) in [5.41, 5.74) is 7.36. The van der Waals surface area contributed by atoms with Crippen LogP contribution in [-0.4, -0.2) is 31.1 Å². The number of hydrogen-bond donors (Lipinski definition) is 1. The van der Waals surface area contributed by atoms with Crippen LogP contribution in [0.1, 0.15) is 33.6 Å². The van der Waals surface area contributed by atoms with Gasteiger partial charge in [-0.3, -0.25) is 4.90 Å². The van der Waals surface area contributed by atoms with E-state index in [1.165, 1.54) is 25.9 Å². The number of hydrogen-bond acceptors (Lipinski definition) is 2. The summed E-state index contributed by atoms with van der Waals surface area (Å²) in [7, 11) is 0. The summed E-state index contributed by atoms with van der Waals surface area (Å²) >= 11 is 0. The Labute approximate surface area is 94.5 Å². The summed E-state index contributed by atoms with van der Waals surface area (Å²) in [5, 5.41) is 0. The molecule has 2 nitrogen and oxygen atoms in total. The molecule has 0 spiro atoms. The zero-order valence-electron chi connectivity index (χ0n) is 10.5. The second-order valence-corrected chi connectivity index (χ2v) is 5.29. The second-order valence-electron chi connectivity index (χ2n) is 5.29. The van der Waals surface area contributed by atoms with Crippen molar-refractivity contribution in [3.63, 3.8) is 0 Å². The van der Waals surface area contributed by atoms with Crippen LogP contribution in [0.3, 0.4) is 0 Å². The molecular weight excluding hydrogens is 184 g/mol. The van der Waals surface area contributed by atoms with Gasteiger partial charge in [0.2, 0.25) is 0 Å². The van der Waals surface area contributed by atoms with Crippen molar-refractivity contribution >= 4 is 0 Å². The van der Waals surface area contributed by atoms with Crippen LogP contribution in [0.15, 0.2) is 11.6 Å². The minimum Gasteiger partial charge on any atom is -0.330 e. The van der Waals surface area contributed by atoms with Crippen LogP contribution < -0.4 is 5.73 Å². The molecular formula is C13H26N2. The predicted molar refractivity (Wildman–Crippen MR) is 66.8 cm³/mol. The van der Waals surface area contributed by atoms with Gasteiger partial charge in [-0.15, -0.1) is 0 Å². The van der Waals surface area contributed by atoms with Crippen LogP contribution in [-0.2, 0) is 0 Å². The average molecular weight is 210 g/mol. The van der Waals surface area contributed by atoms with Gasteiger partial charge in [0.15, 0.2) is 0 Å². The SMILES string of the molecule is CC1=CCN(CC(CN)CC(C)C)CC1. The molecule has 1 unspecified atom stereocenters. The van der Waals surface area contributed by atoms with Gasteiger partial charge in [0.25, 0.3) is 0 Å². The molecule has 0 radical (unpaired) electrons. The van der Waals surface area contributed by atoms with Gasteiger partial charge in [0, 0.05) is 19.6 Å². The van der Waals surface area contributed by atoms with Gasteiger partial charge in [-0.1, -0.05) is 25.5 Å². The molecule has 0 aromatic carbocycles. The van der Waals surface area contributed by atoms with Crippen molar-refractivity contribution < 1.29 is 0 Å². The van der Waals surface area contributed by atoms with Crippen LogP contribution in [0.4, 0.5) is 0 Å². The highest BCUT2D eigenvalue weighted by Crippen LogP contribution is 2.15. The van der Waals surface area contributed by atoms with Crippen LogP contribution in [0.2, 0.25) is 0 Å². The third-order valence-electron chi connectivity index (χ3n) is 3.17. The fourth-order valence-corrected chi connectivity index (χ4v) is 2.26. The Kier molecular flexibility index (Phi) is 5.34. The highest BCUT2D eigenvalue weighted by Gasteiger charge is 2.15. The van der Waals surface area contributed by atoms with Crippen molar-refractivity contribution in [3.8, 4) is 0 Å². The number of rotatable bonds is 5. The maximum atomic E-state index is 5.82. The lowest BCUT2D eigenvalue weighted by Gasteiger charge is -2.29. The van der Waals surface area contributed by atoms with Crippen molar-refractivity contribution in [1.29, 1.82) is 0 Å². The summed E-state index contributed by atoms with van der Waals surface area (Å²) in [5.74, 6) is 1.44. The van der Waals surface area contributed by atoms with E-state index in [-0.39, 0.29) is 0 Å². The number of nitrogens with two attached hydrogens (primary N) is 1. The van der Waals surface area contributed by atoms with Gasteiger partial charge in [-0.25, -0.2) is 0 Å². The van der Waals surface area contributed by atoms with E-state index in [2.05, 4.69) is 31.7 Å². The molecule has 2 N–H and O–H groups in total. The third kappa shape index (κ3) is 4.80. The number of nitrogens with zero attached hydrogens (tertiary/aromatic N) is 1. The summed E-state index contributed by atoms with van der Waals surface area (Å²) in [6, 6.07) is 0. The molecule has 1 aliphatic rings. The fraction of sp³-hybridized carbons (Fsp3) is 0.846. The zero-order chi connectivity index (χ0) is 11.3. The predicted octanol–water partition coefficient (Wildman–Crippen LogP) is 2.26. The molecule has 0 saturated carbocycles. The molecule has 1 atom stereocenters. The first-order valence-electron chi connectivity index (χ1n) is 6.20. The zero-order valence-corrected chi connectivity index (χ0v) is 10.5. The van der Waals surface area contributed by atoms with Gasteiger partial charge in [-0.2, -0.15) is 0 Å². The molecule has 0 bridgehead atoms. The second kappa shape index (κ2) is 6.29. The normalized spacial score (nSPS) is 20.5. The molecule has 1 rings (SSSR count). The monoisotopic (exact) mass is 210 g/mol. The van der Waals surface area contributed by atoms with Crippen molar-refractivity contribution in [2.24, 2.45) is 17.6 Å². The van der Waals surface area contributed by atoms with E-state index < -0.39 is 0 Å². The summed E-state index contributed by atoms with van der Waals surface area (Å²) < 4.78 is 0. The highest BCUT2D eigenvalue weighted by molar-refractivity contribution is 5.03. The lowest BCUT2D eigenvalue weighted by atomic mass is 9.96. The van der Waals surface area contributed by atoms with Gasteiger partial charge in [0.05, 0.1) is 0 Å². The van der Waals surface area contributed by atoms with Crippen LogP contribution in [0.5, 0.6) is 0 Å². The largest absolute Gasteiger partial charge is 0.330 e. The molecule has 0 saturated heterocycles.